The van der Waals surface area contributed by atoms with Gasteiger partial charge in [-0.1, -0.05) is 88.5 Å². The molecule has 0 heterocycles. The molecule has 8 nitrogen and oxygen atoms in total. The van der Waals surface area contributed by atoms with Crippen LogP contribution in [0.5, 0.6) is 23.0 Å². The molecule has 0 fully saturated rings. The van der Waals surface area contributed by atoms with Gasteiger partial charge in [0, 0.05) is 12.8 Å². The van der Waals surface area contributed by atoms with E-state index in [4.69, 9.17) is 28.4 Å². The smallest absolute Gasteiger partial charge is 0.306 e. The minimum atomic E-state index is -0.308. The van der Waals surface area contributed by atoms with Gasteiger partial charge >= 0.3 is 11.9 Å². The fourth-order valence-electron chi connectivity index (χ4n) is 5.77. The Bertz CT molecular complexity index is 1180. The van der Waals surface area contributed by atoms with Crippen molar-refractivity contribution in [3.05, 3.63) is 72.8 Å². The maximum Gasteiger partial charge on any atom is 0.306 e. The molecule has 0 aromatic heterocycles. The van der Waals surface area contributed by atoms with Crippen molar-refractivity contribution in [2.45, 2.75) is 142 Å². The van der Waals surface area contributed by atoms with Crippen molar-refractivity contribution in [1.82, 2.24) is 0 Å². The number of benzene rings is 2. The van der Waals surface area contributed by atoms with E-state index < -0.39 is 0 Å². The number of carbonyl (C=O) groups excluding carboxylic acids is 2. The van der Waals surface area contributed by atoms with E-state index in [2.05, 4.69) is 13.2 Å². The third kappa shape index (κ3) is 20.8. The lowest BCUT2D eigenvalue weighted by Gasteiger charge is -2.13. The maximum atomic E-state index is 12.3. The predicted octanol–water partition coefficient (Wildman–Crippen LogP) is 11.4. The lowest BCUT2D eigenvalue weighted by molar-refractivity contribution is -0.147. The summed E-state index contributed by atoms with van der Waals surface area (Å²) in [5.41, 5.74) is 1.65. The molecule has 0 aliphatic rings. The lowest BCUT2D eigenvalue weighted by atomic mass is 10.1. The number of ether oxygens (including phenoxy) is 6. The van der Waals surface area contributed by atoms with Crippen molar-refractivity contribution >= 4 is 11.9 Å². The van der Waals surface area contributed by atoms with E-state index >= 15 is 0 Å². The summed E-state index contributed by atoms with van der Waals surface area (Å²) in [5.74, 6) is 2.02. The van der Waals surface area contributed by atoms with Crippen molar-refractivity contribution in [2.75, 3.05) is 27.4 Å². The summed E-state index contributed by atoms with van der Waals surface area (Å²) >= 11 is 0. The molecule has 0 aliphatic carbocycles. The molecule has 2 rings (SSSR count). The second-order valence-electron chi connectivity index (χ2n) is 13.3. The Balaban J connectivity index is 1.56. The Labute approximate surface area is 314 Å². The Morgan fingerprint density at radius 3 is 1.23 bits per heavy atom. The zero-order chi connectivity index (χ0) is 37.5. The molecule has 8 heteroatoms. The molecule has 0 radical (unpaired) electrons. The van der Waals surface area contributed by atoms with E-state index in [1.165, 1.54) is 64.2 Å². The topological polar surface area (TPSA) is 89.5 Å². The van der Waals surface area contributed by atoms with Crippen LogP contribution < -0.4 is 18.9 Å². The van der Waals surface area contributed by atoms with Gasteiger partial charge in [-0.2, -0.15) is 0 Å². The highest BCUT2D eigenvalue weighted by Crippen LogP contribution is 2.30. The first-order valence-electron chi connectivity index (χ1n) is 19.6. The molecule has 52 heavy (non-hydrogen) atoms. The molecule has 0 amide bonds. The van der Waals surface area contributed by atoms with Crippen LogP contribution in [0.1, 0.15) is 140 Å². The van der Waals surface area contributed by atoms with Gasteiger partial charge in [-0.05, 0) is 86.8 Å². The molecular weight excluding hydrogens is 656 g/mol. The first kappa shape index (κ1) is 44.2. The van der Waals surface area contributed by atoms with Gasteiger partial charge < -0.3 is 28.4 Å². The Morgan fingerprint density at radius 2 is 0.865 bits per heavy atom. The Kier molecular flexibility index (Phi) is 25.2. The standard InChI is InChI=1S/C44H66O8/c1-5-7-9-11-13-15-17-19-23-31-49-39-29-27-37(33-41(39)47-3)35-51-43(45)25-21-22-26-44(46)52-36-38-28-30-40(42(34-38)48-4)50-32-24-20-18-16-14-12-10-8-6-2/h5-6,27-30,33-34H,1-2,7-26,31-32,35-36H2,3-4H3. The minimum absolute atomic E-state index is 0.147. The van der Waals surface area contributed by atoms with Gasteiger partial charge in [-0.25, -0.2) is 0 Å². The highest BCUT2D eigenvalue weighted by atomic mass is 16.5. The molecule has 0 N–H and O–H groups in total. The predicted molar refractivity (Wildman–Crippen MR) is 209 cm³/mol. The summed E-state index contributed by atoms with van der Waals surface area (Å²) < 4.78 is 33.8. The van der Waals surface area contributed by atoms with E-state index in [9.17, 15) is 9.59 Å². The van der Waals surface area contributed by atoms with Gasteiger partial charge in [0.05, 0.1) is 27.4 Å². The monoisotopic (exact) mass is 722 g/mol. The van der Waals surface area contributed by atoms with Gasteiger partial charge in [0.1, 0.15) is 13.2 Å². The molecule has 0 unspecified atom stereocenters. The quantitative estimate of drug-likeness (QED) is 0.0409. The summed E-state index contributed by atoms with van der Waals surface area (Å²) in [6, 6.07) is 11.2. The summed E-state index contributed by atoms with van der Waals surface area (Å²) in [4.78, 5) is 24.7. The number of rotatable bonds is 33. The van der Waals surface area contributed by atoms with Crippen LogP contribution in [0.15, 0.2) is 61.7 Å². The first-order valence-corrected chi connectivity index (χ1v) is 19.6. The molecule has 0 aliphatic heterocycles. The number of allylic oxidation sites excluding steroid dienone is 2. The lowest BCUT2D eigenvalue weighted by Crippen LogP contribution is -2.07. The highest BCUT2D eigenvalue weighted by Gasteiger charge is 2.11. The van der Waals surface area contributed by atoms with Crippen molar-refractivity contribution < 1.29 is 38.0 Å². The Morgan fingerprint density at radius 1 is 0.500 bits per heavy atom. The van der Waals surface area contributed by atoms with Crippen LogP contribution in [0.2, 0.25) is 0 Å². The fourth-order valence-corrected chi connectivity index (χ4v) is 5.77. The van der Waals surface area contributed by atoms with E-state index in [0.29, 0.717) is 49.1 Å². The van der Waals surface area contributed by atoms with Crippen LogP contribution in [0.25, 0.3) is 0 Å². The van der Waals surface area contributed by atoms with Crippen LogP contribution >= 0.6 is 0 Å². The SMILES string of the molecule is C=CCCCCCCCCCOc1ccc(COC(=O)CCCCC(=O)OCc2ccc(OCCCCCCCCCC=C)c(OC)c2)cc1OC. The summed E-state index contributed by atoms with van der Waals surface area (Å²) in [7, 11) is 3.21. The number of carbonyl (C=O) groups is 2. The zero-order valence-electron chi connectivity index (χ0n) is 32.3. The van der Waals surface area contributed by atoms with Crippen LogP contribution in [0.4, 0.5) is 0 Å². The highest BCUT2D eigenvalue weighted by molar-refractivity contribution is 5.70. The average Bonchev–Trinajstić information content (AvgIpc) is 3.16. The van der Waals surface area contributed by atoms with Gasteiger partial charge in [0.2, 0.25) is 0 Å². The maximum absolute atomic E-state index is 12.3. The number of methoxy groups -OCH3 is 2. The van der Waals surface area contributed by atoms with E-state index in [1.807, 2.05) is 48.6 Å². The van der Waals surface area contributed by atoms with Crippen molar-refractivity contribution in [3.63, 3.8) is 0 Å². The average molecular weight is 723 g/mol. The molecule has 0 saturated carbocycles. The molecule has 0 saturated heterocycles. The molecular formula is C44H66O8. The van der Waals surface area contributed by atoms with Crippen LogP contribution in [-0.4, -0.2) is 39.4 Å². The summed E-state index contributed by atoms with van der Waals surface area (Å²) in [6.45, 7) is 9.12. The number of esters is 2. The van der Waals surface area contributed by atoms with E-state index in [1.54, 1.807) is 14.2 Å². The molecule has 2 aromatic carbocycles. The largest absolute Gasteiger partial charge is 0.493 e. The first-order chi connectivity index (χ1) is 25.5. The number of hydrogen-bond donors (Lipinski definition) is 0. The minimum Gasteiger partial charge on any atom is -0.493 e. The zero-order valence-corrected chi connectivity index (χ0v) is 32.3. The Hall–Kier alpha value is -3.94. The van der Waals surface area contributed by atoms with Crippen molar-refractivity contribution in [2.24, 2.45) is 0 Å². The normalized spacial score (nSPS) is 10.7. The van der Waals surface area contributed by atoms with Gasteiger partial charge in [-0.3, -0.25) is 9.59 Å². The number of unbranched alkanes of at least 4 members (excludes halogenated alkanes) is 15. The molecule has 2 aromatic rings. The van der Waals surface area contributed by atoms with Crippen molar-refractivity contribution in [1.29, 1.82) is 0 Å². The molecule has 0 atom stereocenters. The summed E-state index contributed by atoms with van der Waals surface area (Å²) in [5, 5.41) is 0. The van der Waals surface area contributed by atoms with Crippen LogP contribution in [0, 0.1) is 0 Å². The second-order valence-corrected chi connectivity index (χ2v) is 13.3. The molecule has 0 spiro atoms. The van der Waals surface area contributed by atoms with Crippen LogP contribution in [-0.2, 0) is 32.3 Å². The van der Waals surface area contributed by atoms with E-state index in [0.717, 1.165) is 49.7 Å². The number of hydrogen-bond acceptors (Lipinski definition) is 8. The molecule has 0 bridgehead atoms. The van der Waals surface area contributed by atoms with E-state index in [-0.39, 0.29) is 38.0 Å². The second kappa shape index (κ2) is 29.6. The fraction of sp³-hybridized carbons (Fsp3) is 0.591. The third-order valence-corrected chi connectivity index (χ3v) is 8.89. The molecule has 290 valence electrons. The van der Waals surface area contributed by atoms with Gasteiger partial charge in [0.25, 0.3) is 0 Å². The van der Waals surface area contributed by atoms with Crippen molar-refractivity contribution in [3.8, 4) is 23.0 Å². The van der Waals surface area contributed by atoms with Gasteiger partial charge in [0.15, 0.2) is 23.0 Å². The van der Waals surface area contributed by atoms with Gasteiger partial charge in [-0.15, -0.1) is 13.2 Å². The summed E-state index contributed by atoms with van der Waals surface area (Å²) in [6.07, 6.45) is 24.6. The van der Waals surface area contributed by atoms with Crippen LogP contribution in [0.3, 0.4) is 0 Å². The third-order valence-electron chi connectivity index (χ3n) is 8.89.